The van der Waals surface area contributed by atoms with E-state index < -0.39 is 0 Å². The first-order valence-electron chi connectivity index (χ1n) is 5.77. The van der Waals surface area contributed by atoms with Gasteiger partial charge in [-0.05, 0) is 19.4 Å². The van der Waals surface area contributed by atoms with Crippen molar-refractivity contribution in [3.8, 4) is 0 Å². The summed E-state index contributed by atoms with van der Waals surface area (Å²) in [7, 11) is 1.68. The van der Waals surface area contributed by atoms with Crippen LogP contribution in [0.1, 0.15) is 25.0 Å². The highest BCUT2D eigenvalue weighted by atomic mass is 35.5. The average Bonchev–Trinajstić information content (AvgIpc) is 2.30. The Morgan fingerprint density at radius 1 is 1.29 bits per heavy atom. The second-order valence-electron chi connectivity index (χ2n) is 4.02. The summed E-state index contributed by atoms with van der Waals surface area (Å²) in [5.41, 5.74) is 6.88. The third-order valence-corrected chi connectivity index (χ3v) is 2.82. The van der Waals surface area contributed by atoms with Crippen LogP contribution >= 0.6 is 11.6 Å². The summed E-state index contributed by atoms with van der Waals surface area (Å²) < 4.78 is 10.8. The van der Waals surface area contributed by atoms with Gasteiger partial charge in [0.15, 0.2) is 0 Å². The van der Waals surface area contributed by atoms with Gasteiger partial charge in [-0.3, -0.25) is 0 Å². The van der Waals surface area contributed by atoms with Crippen molar-refractivity contribution in [2.45, 2.75) is 25.5 Å². The lowest BCUT2D eigenvalue weighted by Gasteiger charge is -2.22. The zero-order valence-corrected chi connectivity index (χ0v) is 11.1. The molecule has 2 unspecified atom stereocenters. The van der Waals surface area contributed by atoms with E-state index in [9.17, 15) is 0 Å². The van der Waals surface area contributed by atoms with Crippen LogP contribution in [0.3, 0.4) is 0 Å². The Bertz CT molecular complexity index is 331. The monoisotopic (exact) mass is 257 g/mol. The molecule has 0 aliphatic carbocycles. The summed E-state index contributed by atoms with van der Waals surface area (Å²) in [6, 6.07) is 7.54. The molecule has 0 aliphatic rings. The summed E-state index contributed by atoms with van der Waals surface area (Å²) >= 11 is 6.14. The molecule has 0 saturated carbocycles. The van der Waals surface area contributed by atoms with Gasteiger partial charge in [-0.1, -0.05) is 29.8 Å². The summed E-state index contributed by atoms with van der Waals surface area (Å²) in [6.45, 7) is 3.23. The minimum absolute atomic E-state index is 0.0996. The lowest BCUT2D eigenvalue weighted by Crippen LogP contribution is -2.27. The van der Waals surface area contributed by atoms with Crippen molar-refractivity contribution in [3.63, 3.8) is 0 Å². The molecule has 1 aromatic carbocycles. The second kappa shape index (κ2) is 7.67. The molecule has 2 N–H and O–H groups in total. The van der Waals surface area contributed by atoms with Crippen LogP contribution in [0.2, 0.25) is 5.02 Å². The molecule has 0 bridgehead atoms. The topological polar surface area (TPSA) is 44.5 Å². The minimum Gasteiger partial charge on any atom is -0.385 e. The number of rotatable bonds is 7. The number of hydrogen-bond donors (Lipinski definition) is 1. The number of halogens is 1. The van der Waals surface area contributed by atoms with E-state index in [1.165, 1.54) is 0 Å². The molecule has 0 heterocycles. The SMILES string of the molecule is COCCCOC(c1ccccc1Cl)C(C)N. The molecule has 96 valence electrons. The Kier molecular flexibility index (Phi) is 6.52. The Hall–Kier alpha value is -0.610. The predicted molar refractivity (Wildman–Crippen MR) is 70.3 cm³/mol. The number of methoxy groups -OCH3 is 1. The van der Waals surface area contributed by atoms with E-state index in [-0.39, 0.29) is 12.1 Å². The van der Waals surface area contributed by atoms with Gasteiger partial charge in [-0.2, -0.15) is 0 Å². The van der Waals surface area contributed by atoms with Gasteiger partial charge in [0, 0.05) is 37.0 Å². The van der Waals surface area contributed by atoms with Crippen molar-refractivity contribution in [2.75, 3.05) is 20.3 Å². The Labute approximate surface area is 108 Å². The molecule has 1 rings (SSSR count). The largest absolute Gasteiger partial charge is 0.385 e. The van der Waals surface area contributed by atoms with Crippen LogP contribution < -0.4 is 5.73 Å². The molecule has 0 spiro atoms. The number of hydrogen-bond acceptors (Lipinski definition) is 3. The highest BCUT2D eigenvalue weighted by Gasteiger charge is 2.18. The first kappa shape index (κ1) is 14.5. The van der Waals surface area contributed by atoms with E-state index in [4.69, 9.17) is 26.8 Å². The van der Waals surface area contributed by atoms with Crippen LogP contribution in [-0.4, -0.2) is 26.4 Å². The van der Waals surface area contributed by atoms with Gasteiger partial charge in [-0.15, -0.1) is 0 Å². The van der Waals surface area contributed by atoms with Crippen molar-refractivity contribution in [1.29, 1.82) is 0 Å². The summed E-state index contributed by atoms with van der Waals surface area (Å²) in [4.78, 5) is 0. The maximum Gasteiger partial charge on any atom is 0.0987 e. The maximum absolute atomic E-state index is 6.14. The standard InChI is InChI=1S/C13H20ClNO2/c1-10(15)13(17-9-5-8-16-2)11-6-3-4-7-12(11)14/h3-4,6-7,10,13H,5,8-9,15H2,1-2H3. The molecule has 0 aromatic heterocycles. The van der Waals surface area contributed by atoms with Crippen LogP contribution in [-0.2, 0) is 9.47 Å². The predicted octanol–water partition coefficient (Wildman–Crippen LogP) is 2.78. The number of nitrogens with two attached hydrogens (primary N) is 1. The lowest BCUT2D eigenvalue weighted by atomic mass is 10.0. The van der Waals surface area contributed by atoms with Gasteiger partial charge < -0.3 is 15.2 Å². The van der Waals surface area contributed by atoms with Crippen LogP contribution in [0.5, 0.6) is 0 Å². The second-order valence-corrected chi connectivity index (χ2v) is 4.43. The van der Waals surface area contributed by atoms with Crippen molar-refractivity contribution >= 4 is 11.6 Å². The zero-order valence-electron chi connectivity index (χ0n) is 10.4. The number of ether oxygens (including phenoxy) is 2. The van der Waals surface area contributed by atoms with E-state index in [0.717, 1.165) is 12.0 Å². The van der Waals surface area contributed by atoms with Crippen LogP contribution in [0, 0.1) is 0 Å². The van der Waals surface area contributed by atoms with E-state index >= 15 is 0 Å². The smallest absolute Gasteiger partial charge is 0.0987 e. The Morgan fingerprint density at radius 2 is 2.00 bits per heavy atom. The normalized spacial score (nSPS) is 14.6. The van der Waals surface area contributed by atoms with Crippen molar-refractivity contribution in [1.82, 2.24) is 0 Å². The van der Waals surface area contributed by atoms with E-state index in [1.54, 1.807) is 7.11 Å². The van der Waals surface area contributed by atoms with Crippen LogP contribution in [0.25, 0.3) is 0 Å². The van der Waals surface area contributed by atoms with E-state index in [1.807, 2.05) is 31.2 Å². The van der Waals surface area contributed by atoms with Gasteiger partial charge in [-0.25, -0.2) is 0 Å². The molecule has 2 atom stereocenters. The van der Waals surface area contributed by atoms with Gasteiger partial charge in [0.25, 0.3) is 0 Å². The highest BCUT2D eigenvalue weighted by Crippen LogP contribution is 2.27. The fourth-order valence-corrected chi connectivity index (χ4v) is 1.89. The third-order valence-electron chi connectivity index (χ3n) is 2.48. The van der Waals surface area contributed by atoms with E-state index in [2.05, 4.69) is 0 Å². The minimum atomic E-state index is -0.166. The Balaban J connectivity index is 2.63. The van der Waals surface area contributed by atoms with Gasteiger partial charge in [0.2, 0.25) is 0 Å². The average molecular weight is 258 g/mol. The molecule has 0 saturated heterocycles. The summed E-state index contributed by atoms with van der Waals surface area (Å²) in [5, 5.41) is 0.696. The quantitative estimate of drug-likeness (QED) is 0.764. The third kappa shape index (κ3) is 4.64. The fourth-order valence-electron chi connectivity index (χ4n) is 1.64. The molecule has 3 nitrogen and oxygen atoms in total. The molecule has 4 heteroatoms. The molecule has 17 heavy (non-hydrogen) atoms. The molecule has 0 amide bonds. The number of benzene rings is 1. The molecule has 0 aliphatic heterocycles. The molecule has 1 aromatic rings. The van der Waals surface area contributed by atoms with Crippen molar-refractivity contribution in [3.05, 3.63) is 34.9 Å². The molecule has 0 radical (unpaired) electrons. The van der Waals surface area contributed by atoms with Crippen LogP contribution in [0.15, 0.2) is 24.3 Å². The van der Waals surface area contributed by atoms with Gasteiger partial charge in [0.1, 0.15) is 0 Å². The lowest BCUT2D eigenvalue weighted by molar-refractivity contribution is 0.0265. The molecular formula is C13H20ClNO2. The highest BCUT2D eigenvalue weighted by molar-refractivity contribution is 6.31. The first-order chi connectivity index (χ1) is 8.16. The van der Waals surface area contributed by atoms with Crippen LogP contribution in [0.4, 0.5) is 0 Å². The first-order valence-corrected chi connectivity index (χ1v) is 6.15. The zero-order chi connectivity index (χ0) is 12.7. The van der Waals surface area contributed by atoms with E-state index in [0.29, 0.717) is 18.2 Å². The van der Waals surface area contributed by atoms with Gasteiger partial charge in [0.05, 0.1) is 6.10 Å². The fraction of sp³-hybridized carbons (Fsp3) is 0.538. The van der Waals surface area contributed by atoms with Crippen molar-refractivity contribution < 1.29 is 9.47 Å². The Morgan fingerprint density at radius 3 is 2.59 bits per heavy atom. The maximum atomic E-state index is 6.14. The summed E-state index contributed by atoms with van der Waals surface area (Å²) in [6.07, 6.45) is 0.685. The molecule has 0 fully saturated rings. The molecular weight excluding hydrogens is 238 g/mol. The van der Waals surface area contributed by atoms with Crippen molar-refractivity contribution in [2.24, 2.45) is 5.73 Å². The van der Waals surface area contributed by atoms with Gasteiger partial charge >= 0.3 is 0 Å². The summed E-state index contributed by atoms with van der Waals surface area (Å²) in [5.74, 6) is 0.